The van der Waals surface area contributed by atoms with Crippen LogP contribution in [0.4, 0.5) is 5.13 Å². The molecule has 1 fully saturated rings. The Labute approximate surface area is 207 Å². The largest absolute Gasteiger partial charge is 0.487 e. The molecule has 3 aromatic rings. The van der Waals surface area contributed by atoms with Crippen LogP contribution in [0.15, 0.2) is 58.3 Å². The zero-order valence-corrected chi connectivity index (χ0v) is 21.2. The molecule has 2 aliphatic heterocycles. The lowest BCUT2D eigenvalue weighted by Crippen LogP contribution is -2.41. The highest BCUT2D eigenvalue weighted by Gasteiger charge is 2.33. The SMILES string of the molecule is CS(=O)(=O)c1ccc(S(=O)(=O)N2CCC(C(=O)Nc3nc4c(s3)COc3ccccc3-4)CC2)cc1. The fourth-order valence-corrected chi connectivity index (χ4v) is 7.21. The van der Waals surface area contributed by atoms with E-state index >= 15 is 0 Å². The fourth-order valence-electron chi connectivity index (χ4n) is 4.22. The molecule has 0 radical (unpaired) electrons. The highest BCUT2D eigenvalue weighted by atomic mass is 32.2. The second-order valence-corrected chi connectivity index (χ2v) is 13.5. The number of sulfone groups is 1. The van der Waals surface area contributed by atoms with E-state index in [1.807, 2.05) is 24.3 Å². The van der Waals surface area contributed by atoms with E-state index in [1.54, 1.807) is 0 Å². The maximum absolute atomic E-state index is 13.0. The number of ether oxygens (including phenoxy) is 1. The Hall–Kier alpha value is -2.80. The molecule has 35 heavy (non-hydrogen) atoms. The van der Waals surface area contributed by atoms with Gasteiger partial charge >= 0.3 is 0 Å². The van der Waals surface area contributed by atoms with Crippen LogP contribution in [0.3, 0.4) is 0 Å². The van der Waals surface area contributed by atoms with Crippen molar-refractivity contribution in [3.8, 4) is 17.0 Å². The first-order valence-electron chi connectivity index (χ1n) is 11.0. The minimum absolute atomic E-state index is 0.0312. The zero-order valence-electron chi connectivity index (χ0n) is 18.8. The summed E-state index contributed by atoms with van der Waals surface area (Å²) in [6.07, 6.45) is 1.83. The average Bonchev–Trinajstić information content (AvgIpc) is 3.26. The molecule has 0 bridgehead atoms. The predicted octanol–water partition coefficient (Wildman–Crippen LogP) is 3.15. The third kappa shape index (κ3) is 4.70. The lowest BCUT2D eigenvalue weighted by atomic mass is 9.97. The van der Waals surface area contributed by atoms with Gasteiger partial charge in [0.05, 0.1) is 20.4 Å². The maximum Gasteiger partial charge on any atom is 0.243 e. The second kappa shape index (κ2) is 9.01. The van der Waals surface area contributed by atoms with Gasteiger partial charge < -0.3 is 10.1 Å². The number of hydrogen-bond acceptors (Lipinski definition) is 8. The van der Waals surface area contributed by atoms with Crippen LogP contribution in [0.5, 0.6) is 5.75 Å². The van der Waals surface area contributed by atoms with Gasteiger partial charge in [-0.05, 0) is 49.2 Å². The number of carbonyl (C=O) groups is 1. The van der Waals surface area contributed by atoms with E-state index in [0.717, 1.165) is 28.1 Å². The fraction of sp³-hybridized carbons (Fsp3) is 0.304. The van der Waals surface area contributed by atoms with E-state index in [1.165, 1.54) is 39.9 Å². The van der Waals surface area contributed by atoms with E-state index in [0.29, 0.717) is 24.6 Å². The molecule has 9 nitrogen and oxygen atoms in total. The summed E-state index contributed by atoms with van der Waals surface area (Å²) in [4.78, 5) is 18.5. The molecule has 184 valence electrons. The van der Waals surface area contributed by atoms with Crippen LogP contribution in [0, 0.1) is 5.92 Å². The number of carbonyl (C=O) groups excluding carboxylic acids is 1. The monoisotopic (exact) mass is 533 g/mol. The first-order chi connectivity index (χ1) is 16.6. The number of fused-ring (bicyclic) bond motifs is 3. The molecular weight excluding hydrogens is 510 g/mol. The lowest BCUT2D eigenvalue weighted by molar-refractivity contribution is -0.120. The minimum atomic E-state index is -3.78. The molecule has 12 heteroatoms. The van der Waals surface area contributed by atoms with Crippen molar-refractivity contribution in [2.45, 2.75) is 29.2 Å². The molecule has 2 aliphatic rings. The number of anilines is 1. The molecule has 0 atom stereocenters. The molecule has 5 rings (SSSR count). The summed E-state index contributed by atoms with van der Waals surface area (Å²) in [5.74, 6) is 0.251. The lowest BCUT2D eigenvalue weighted by Gasteiger charge is -2.30. The van der Waals surface area contributed by atoms with E-state index < -0.39 is 19.9 Å². The third-order valence-electron chi connectivity index (χ3n) is 6.14. The van der Waals surface area contributed by atoms with E-state index in [4.69, 9.17) is 4.74 Å². The Morgan fingerprint density at radius 1 is 1.03 bits per heavy atom. The van der Waals surface area contributed by atoms with Gasteiger partial charge in [0.15, 0.2) is 15.0 Å². The Balaban J connectivity index is 1.23. The smallest absolute Gasteiger partial charge is 0.243 e. The van der Waals surface area contributed by atoms with Crippen molar-refractivity contribution in [3.63, 3.8) is 0 Å². The van der Waals surface area contributed by atoms with Crippen LogP contribution in [0.1, 0.15) is 17.7 Å². The van der Waals surface area contributed by atoms with Crippen molar-refractivity contribution in [1.29, 1.82) is 0 Å². The Bertz CT molecular complexity index is 1490. The molecule has 0 aliphatic carbocycles. The van der Waals surface area contributed by atoms with E-state index in [2.05, 4.69) is 10.3 Å². The topological polar surface area (TPSA) is 123 Å². The standard InChI is InChI=1S/C23H23N3O6S3/c1-34(28,29)16-6-8-17(9-7-16)35(30,31)26-12-10-15(11-13-26)22(27)25-23-24-21-18-4-2-3-5-19(18)32-14-20(21)33-23/h2-9,15H,10-14H2,1H3,(H,24,25,27). The summed E-state index contributed by atoms with van der Waals surface area (Å²) >= 11 is 1.38. The van der Waals surface area contributed by atoms with Crippen LogP contribution in [-0.2, 0) is 31.3 Å². The zero-order chi connectivity index (χ0) is 24.8. The number of para-hydroxylation sites is 1. The Morgan fingerprint density at radius 3 is 2.37 bits per heavy atom. The quantitative estimate of drug-likeness (QED) is 0.534. The number of piperidine rings is 1. The van der Waals surface area contributed by atoms with Gasteiger partial charge in [0.25, 0.3) is 0 Å². The normalized spacial score (nSPS) is 16.7. The van der Waals surface area contributed by atoms with Gasteiger partial charge in [-0.25, -0.2) is 21.8 Å². The number of rotatable bonds is 5. The third-order valence-corrected chi connectivity index (χ3v) is 10.1. The molecular formula is C23H23N3O6S3. The first-order valence-corrected chi connectivity index (χ1v) is 15.1. The van der Waals surface area contributed by atoms with Crippen molar-refractivity contribution in [2.75, 3.05) is 24.7 Å². The number of nitrogens with zero attached hydrogens (tertiary/aromatic N) is 2. The summed E-state index contributed by atoms with van der Waals surface area (Å²) in [6, 6.07) is 12.8. The van der Waals surface area contributed by atoms with Crippen LogP contribution in [0.2, 0.25) is 0 Å². The average molecular weight is 534 g/mol. The van der Waals surface area contributed by atoms with Crippen molar-refractivity contribution < 1.29 is 26.4 Å². The minimum Gasteiger partial charge on any atom is -0.487 e. The molecule has 1 N–H and O–H groups in total. The maximum atomic E-state index is 13.0. The molecule has 3 heterocycles. The Kier molecular flexibility index (Phi) is 6.16. The second-order valence-electron chi connectivity index (χ2n) is 8.49. The first kappa shape index (κ1) is 23.9. The number of benzene rings is 2. The summed E-state index contributed by atoms with van der Waals surface area (Å²) in [5.41, 5.74) is 1.71. The summed E-state index contributed by atoms with van der Waals surface area (Å²) in [5, 5.41) is 3.39. The number of aromatic nitrogens is 1. The van der Waals surface area contributed by atoms with Gasteiger partial charge in [0.2, 0.25) is 15.9 Å². The van der Waals surface area contributed by atoms with Gasteiger partial charge in [-0.15, -0.1) is 0 Å². The molecule has 1 saturated heterocycles. The summed E-state index contributed by atoms with van der Waals surface area (Å²) in [6.45, 7) is 0.801. The van der Waals surface area contributed by atoms with Crippen molar-refractivity contribution in [3.05, 3.63) is 53.4 Å². The molecule has 1 aromatic heterocycles. The molecule has 1 amide bonds. The van der Waals surface area contributed by atoms with Gasteiger partial charge in [-0.2, -0.15) is 4.31 Å². The molecule has 0 saturated carbocycles. The number of amides is 1. The molecule has 2 aromatic carbocycles. The van der Waals surface area contributed by atoms with Crippen molar-refractivity contribution >= 4 is 42.2 Å². The van der Waals surface area contributed by atoms with Crippen molar-refractivity contribution in [2.24, 2.45) is 5.92 Å². The highest BCUT2D eigenvalue weighted by molar-refractivity contribution is 7.90. The van der Waals surface area contributed by atoms with Crippen LogP contribution >= 0.6 is 11.3 Å². The van der Waals surface area contributed by atoms with Crippen molar-refractivity contribution in [1.82, 2.24) is 9.29 Å². The van der Waals surface area contributed by atoms with Gasteiger partial charge in [0, 0.05) is 30.8 Å². The van der Waals surface area contributed by atoms with E-state index in [-0.39, 0.29) is 34.7 Å². The van der Waals surface area contributed by atoms with Crippen LogP contribution < -0.4 is 10.1 Å². The van der Waals surface area contributed by atoms with Gasteiger partial charge in [-0.1, -0.05) is 23.5 Å². The molecule has 0 unspecified atom stereocenters. The number of nitrogens with one attached hydrogen (secondary N) is 1. The van der Waals surface area contributed by atoms with Gasteiger partial charge in [0.1, 0.15) is 12.4 Å². The molecule has 0 spiro atoms. The number of sulfonamides is 1. The van der Waals surface area contributed by atoms with Gasteiger partial charge in [-0.3, -0.25) is 4.79 Å². The highest BCUT2D eigenvalue weighted by Crippen LogP contribution is 2.40. The van der Waals surface area contributed by atoms with Crippen LogP contribution in [0.25, 0.3) is 11.3 Å². The summed E-state index contributed by atoms with van der Waals surface area (Å²) < 4.78 is 56.3. The van der Waals surface area contributed by atoms with E-state index in [9.17, 15) is 21.6 Å². The summed E-state index contributed by atoms with van der Waals surface area (Å²) in [7, 11) is -7.19. The number of hydrogen-bond donors (Lipinski definition) is 1. The predicted molar refractivity (Wildman–Crippen MR) is 132 cm³/mol. The number of thiazole rings is 1. The Morgan fingerprint density at radius 2 is 1.69 bits per heavy atom. The van der Waals surface area contributed by atoms with Crippen LogP contribution in [-0.4, -0.2) is 51.4 Å².